The van der Waals surface area contributed by atoms with Crippen LogP contribution in [0.4, 0.5) is 0 Å². The van der Waals surface area contributed by atoms with Crippen molar-refractivity contribution < 1.29 is 13.2 Å². The molecule has 0 aromatic carbocycles. The summed E-state index contributed by atoms with van der Waals surface area (Å²) in [6, 6.07) is 6.54. The van der Waals surface area contributed by atoms with Crippen molar-refractivity contribution in [3.05, 3.63) is 47.6 Å². The van der Waals surface area contributed by atoms with Gasteiger partial charge in [0, 0.05) is 5.41 Å². The molecule has 2 aromatic rings. The summed E-state index contributed by atoms with van der Waals surface area (Å²) in [7, 11) is -3.17. The number of nitrogens with one attached hydrogen (secondary N) is 1. The van der Waals surface area contributed by atoms with Crippen molar-refractivity contribution in [2.75, 3.05) is 5.75 Å². The second-order valence-electron chi connectivity index (χ2n) is 4.32. The molecule has 98 valence electrons. The number of nitrogens with zero attached hydrogens (tertiary/aromatic N) is 2. The molecule has 1 amide bonds. The first-order valence-corrected chi connectivity index (χ1v) is 7.41. The first-order valence-electron chi connectivity index (χ1n) is 5.70. The maximum Gasteiger partial charge on any atom is 0.270 e. The lowest BCUT2D eigenvalue weighted by atomic mass is 10.2. The number of amides is 1. The highest BCUT2D eigenvalue weighted by molar-refractivity contribution is 7.94. The highest BCUT2D eigenvalue weighted by Crippen LogP contribution is 2.10. The minimum absolute atomic E-state index is 0.0895. The monoisotopic (exact) mass is 277 g/mol. The molecule has 0 spiro atoms. The molecule has 0 saturated carbocycles. The van der Waals surface area contributed by atoms with Crippen LogP contribution in [0.5, 0.6) is 0 Å². The number of aromatic nitrogens is 2. The Bertz CT molecular complexity index is 776. The highest BCUT2D eigenvalue weighted by atomic mass is 32.2. The predicted octanol–water partition coefficient (Wildman–Crippen LogP) is 0.375. The van der Waals surface area contributed by atoms with Crippen molar-refractivity contribution in [2.45, 2.75) is 6.04 Å². The number of carbonyl (C=O) groups excluding carboxylic acids is 1. The fraction of sp³-hybridized carbons (Fsp3) is 0.167. The van der Waals surface area contributed by atoms with E-state index < -0.39 is 15.9 Å². The van der Waals surface area contributed by atoms with Crippen LogP contribution in [0.15, 0.2) is 41.9 Å². The molecule has 0 fully saturated rings. The van der Waals surface area contributed by atoms with Gasteiger partial charge < -0.3 is 5.32 Å². The van der Waals surface area contributed by atoms with E-state index in [0.717, 1.165) is 10.9 Å². The Balaban J connectivity index is 1.85. The Kier molecular flexibility index (Phi) is 2.63. The number of hydrogen-bond donors (Lipinski definition) is 1. The highest BCUT2D eigenvalue weighted by Gasteiger charge is 2.24. The third-order valence-corrected chi connectivity index (χ3v) is 4.30. The summed E-state index contributed by atoms with van der Waals surface area (Å²) >= 11 is 0. The molecule has 0 aliphatic carbocycles. The van der Waals surface area contributed by atoms with Gasteiger partial charge in [-0.2, -0.15) is 5.10 Å². The minimum Gasteiger partial charge on any atom is -0.343 e. The topological polar surface area (TPSA) is 80.5 Å². The van der Waals surface area contributed by atoms with Gasteiger partial charge in [0.15, 0.2) is 9.84 Å². The third kappa shape index (κ3) is 2.24. The lowest BCUT2D eigenvalue weighted by Gasteiger charge is -2.10. The molecule has 1 N–H and O–H groups in total. The van der Waals surface area contributed by atoms with Crippen LogP contribution in [0, 0.1) is 0 Å². The van der Waals surface area contributed by atoms with Crippen LogP contribution < -0.4 is 5.32 Å². The number of carbonyl (C=O) groups is 1. The van der Waals surface area contributed by atoms with Gasteiger partial charge in [-0.15, -0.1) is 0 Å². The van der Waals surface area contributed by atoms with Crippen LogP contribution in [-0.4, -0.2) is 35.7 Å². The Morgan fingerprint density at radius 1 is 1.37 bits per heavy atom. The van der Waals surface area contributed by atoms with Crippen LogP contribution in [0.25, 0.3) is 5.52 Å². The molecular weight excluding hydrogens is 266 g/mol. The van der Waals surface area contributed by atoms with E-state index in [-0.39, 0.29) is 11.7 Å². The van der Waals surface area contributed by atoms with Crippen LogP contribution in [0.3, 0.4) is 0 Å². The maximum absolute atomic E-state index is 12.1. The minimum atomic E-state index is -3.17. The number of hydrogen-bond acceptors (Lipinski definition) is 4. The van der Waals surface area contributed by atoms with Crippen molar-refractivity contribution in [3.8, 4) is 0 Å². The average molecular weight is 277 g/mol. The van der Waals surface area contributed by atoms with Crippen molar-refractivity contribution in [3.63, 3.8) is 0 Å². The summed E-state index contributed by atoms with van der Waals surface area (Å²) in [5.74, 6) is -0.436. The van der Waals surface area contributed by atoms with Gasteiger partial charge in [0.05, 0.1) is 23.5 Å². The fourth-order valence-corrected chi connectivity index (χ4v) is 3.26. The van der Waals surface area contributed by atoms with Gasteiger partial charge in [0.25, 0.3) is 5.91 Å². The van der Waals surface area contributed by atoms with E-state index in [1.807, 2.05) is 6.07 Å². The summed E-state index contributed by atoms with van der Waals surface area (Å²) in [5.41, 5.74) is 1.18. The molecule has 1 aliphatic rings. The SMILES string of the molecule is O=C(N[C@@H]1C=CS(=O)(=O)C1)c1cccc2ccnn12. The lowest BCUT2D eigenvalue weighted by molar-refractivity contribution is 0.0940. The number of fused-ring (bicyclic) bond motifs is 1. The molecule has 6 nitrogen and oxygen atoms in total. The van der Waals surface area contributed by atoms with Crippen LogP contribution in [0.1, 0.15) is 10.5 Å². The molecule has 7 heteroatoms. The molecule has 0 radical (unpaired) electrons. The van der Waals surface area contributed by atoms with E-state index in [0.29, 0.717) is 5.69 Å². The zero-order chi connectivity index (χ0) is 13.5. The molecular formula is C12H11N3O3S. The van der Waals surface area contributed by atoms with Gasteiger partial charge in [0.1, 0.15) is 5.69 Å². The molecule has 2 aromatic heterocycles. The molecule has 0 unspecified atom stereocenters. The number of sulfone groups is 1. The Morgan fingerprint density at radius 2 is 2.21 bits per heavy atom. The second kappa shape index (κ2) is 4.20. The Morgan fingerprint density at radius 3 is 2.95 bits per heavy atom. The zero-order valence-corrected chi connectivity index (χ0v) is 10.7. The van der Waals surface area contributed by atoms with Crippen molar-refractivity contribution >= 4 is 21.3 Å². The van der Waals surface area contributed by atoms with Gasteiger partial charge >= 0.3 is 0 Å². The Labute approximate surface area is 109 Å². The maximum atomic E-state index is 12.1. The average Bonchev–Trinajstić information content (AvgIpc) is 2.94. The standard InChI is InChI=1S/C12H11N3O3S/c16-12(14-9-5-7-19(17,18)8-9)11-3-1-2-10-4-6-13-15(10)11/h1-7,9H,8H2,(H,14,16)/t9-/m1/s1. The van der Waals surface area contributed by atoms with Gasteiger partial charge in [-0.05, 0) is 24.3 Å². The smallest absolute Gasteiger partial charge is 0.270 e. The first kappa shape index (κ1) is 11.9. The fourth-order valence-electron chi connectivity index (χ4n) is 2.03. The summed E-state index contributed by atoms with van der Waals surface area (Å²) in [5, 5.41) is 7.86. The van der Waals surface area contributed by atoms with Gasteiger partial charge in [-0.3, -0.25) is 4.79 Å². The zero-order valence-electron chi connectivity index (χ0n) is 9.85. The molecule has 1 aliphatic heterocycles. The van der Waals surface area contributed by atoms with E-state index in [9.17, 15) is 13.2 Å². The van der Waals surface area contributed by atoms with Crippen LogP contribution in [0.2, 0.25) is 0 Å². The number of rotatable bonds is 2. The molecule has 0 saturated heterocycles. The predicted molar refractivity (Wildman–Crippen MR) is 69.4 cm³/mol. The summed E-state index contributed by atoms with van der Waals surface area (Å²) in [4.78, 5) is 12.1. The van der Waals surface area contributed by atoms with E-state index in [1.54, 1.807) is 24.4 Å². The summed E-state index contributed by atoms with van der Waals surface area (Å²) in [6.45, 7) is 0. The van der Waals surface area contributed by atoms with Gasteiger partial charge in [0.2, 0.25) is 0 Å². The normalized spacial score (nSPS) is 20.7. The third-order valence-electron chi connectivity index (χ3n) is 2.90. The quantitative estimate of drug-likeness (QED) is 0.860. The van der Waals surface area contributed by atoms with Crippen LogP contribution >= 0.6 is 0 Å². The van der Waals surface area contributed by atoms with Crippen molar-refractivity contribution in [1.29, 1.82) is 0 Å². The van der Waals surface area contributed by atoms with E-state index in [4.69, 9.17) is 0 Å². The molecule has 1 atom stereocenters. The largest absolute Gasteiger partial charge is 0.343 e. The van der Waals surface area contributed by atoms with E-state index in [2.05, 4.69) is 10.4 Å². The molecule has 0 bridgehead atoms. The summed E-state index contributed by atoms with van der Waals surface area (Å²) in [6.07, 6.45) is 3.09. The molecule has 3 heterocycles. The lowest BCUT2D eigenvalue weighted by Crippen LogP contribution is -2.36. The Hall–Kier alpha value is -2.15. The molecule has 3 rings (SSSR count). The van der Waals surface area contributed by atoms with E-state index in [1.165, 1.54) is 10.6 Å². The van der Waals surface area contributed by atoms with Gasteiger partial charge in [-0.1, -0.05) is 6.07 Å². The van der Waals surface area contributed by atoms with Gasteiger partial charge in [-0.25, -0.2) is 12.9 Å². The van der Waals surface area contributed by atoms with Crippen molar-refractivity contribution in [1.82, 2.24) is 14.9 Å². The van der Waals surface area contributed by atoms with E-state index >= 15 is 0 Å². The second-order valence-corrected chi connectivity index (χ2v) is 6.25. The summed E-state index contributed by atoms with van der Waals surface area (Å²) < 4.78 is 24.1. The first-order chi connectivity index (χ1) is 9.05. The van der Waals surface area contributed by atoms with Crippen molar-refractivity contribution in [2.24, 2.45) is 0 Å². The van der Waals surface area contributed by atoms with Crippen LogP contribution in [-0.2, 0) is 9.84 Å². The molecule has 19 heavy (non-hydrogen) atoms. The number of pyridine rings is 1.